The third kappa shape index (κ3) is 2.99. The summed E-state index contributed by atoms with van der Waals surface area (Å²) in [6, 6.07) is 14.5. The predicted molar refractivity (Wildman–Crippen MR) is 75.1 cm³/mol. The van der Waals surface area contributed by atoms with Gasteiger partial charge < -0.3 is 15.6 Å². The standard InChI is InChI=1S/C14H13NO2S/c15-13(18)9-10-5-4-8-12(14(10)16)17-11-6-2-1-3-7-11/h1-8,16H,9H2,(H2,15,18). The topological polar surface area (TPSA) is 55.5 Å². The number of phenols is 1. The highest BCUT2D eigenvalue weighted by atomic mass is 32.1. The van der Waals surface area contributed by atoms with Gasteiger partial charge in [-0.05, 0) is 18.2 Å². The van der Waals surface area contributed by atoms with Crippen molar-refractivity contribution < 1.29 is 9.84 Å². The summed E-state index contributed by atoms with van der Waals surface area (Å²) in [4.78, 5) is 0.335. The highest BCUT2D eigenvalue weighted by Gasteiger charge is 2.09. The molecular weight excluding hydrogens is 246 g/mol. The average molecular weight is 259 g/mol. The summed E-state index contributed by atoms with van der Waals surface area (Å²) in [6.45, 7) is 0. The summed E-state index contributed by atoms with van der Waals surface area (Å²) in [5.41, 5.74) is 6.14. The van der Waals surface area contributed by atoms with Crippen LogP contribution in [-0.4, -0.2) is 10.1 Å². The van der Waals surface area contributed by atoms with Gasteiger partial charge in [-0.1, -0.05) is 42.5 Å². The molecule has 0 unspecified atom stereocenters. The van der Waals surface area contributed by atoms with Crippen LogP contribution in [0.5, 0.6) is 17.2 Å². The molecule has 0 bridgehead atoms. The van der Waals surface area contributed by atoms with Gasteiger partial charge in [-0.2, -0.15) is 0 Å². The number of hydrogen-bond donors (Lipinski definition) is 2. The molecule has 2 rings (SSSR count). The minimum absolute atomic E-state index is 0.0779. The molecule has 4 heteroatoms. The summed E-state index contributed by atoms with van der Waals surface area (Å²) < 4.78 is 5.60. The molecule has 0 aliphatic carbocycles. The maximum atomic E-state index is 10.1. The van der Waals surface area contributed by atoms with E-state index in [-0.39, 0.29) is 5.75 Å². The molecule has 3 N–H and O–H groups in total. The number of thiocarbonyl (C=S) groups is 1. The molecule has 92 valence electrons. The van der Waals surface area contributed by atoms with Crippen LogP contribution < -0.4 is 10.5 Å². The maximum Gasteiger partial charge on any atom is 0.169 e. The minimum Gasteiger partial charge on any atom is -0.504 e. The van der Waals surface area contributed by atoms with Gasteiger partial charge >= 0.3 is 0 Å². The summed E-state index contributed by atoms with van der Waals surface area (Å²) in [6.07, 6.45) is 0.354. The summed E-state index contributed by atoms with van der Waals surface area (Å²) in [7, 11) is 0. The summed E-state index contributed by atoms with van der Waals surface area (Å²) in [5, 5.41) is 10.1. The van der Waals surface area contributed by atoms with E-state index in [1.54, 1.807) is 18.2 Å². The van der Waals surface area contributed by atoms with Crippen LogP contribution in [0.2, 0.25) is 0 Å². The van der Waals surface area contributed by atoms with Crippen molar-refractivity contribution >= 4 is 17.2 Å². The molecule has 0 spiro atoms. The third-order valence-electron chi connectivity index (χ3n) is 2.42. The average Bonchev–Trinajstić information content (AvgIpc) is 2.35. The van der Waals surface area contributed by atoms with E-state index in [0.29, 0.717) is 28.5 Å². The molecule has 0 saturated heterocycles. The van der Waals surface area contributed by atoms with Gasteiger partial charge in [0.15, 0.2) is 11.5 Å². The van der Waals surface area contributed by atoms with E-state index in [9.17, 15) is 5.11 Å². The van der Waals surface area contributed by atoms with Crippen LogP contribution in [0.15, 0.2) is 48.5 Å². The molecule has 0 aliphatic rings. The van der Waals surface area contributed by atoms with Crippen molar-refractivity contribution in [1.82, 2.24) is 0 Å². The molecule has 0 heterocycles. The van der Waals surface area contributed by atoms with Crippen LogP contribution in [0.1, 0.15) is 5.56 Å². The Morgan fingerprint density at radius 2 is 1.83 bits per heavy atom. The summed E-state index contributed by atoms with van der Waals surface area (Å²) >= 11 is 4.84. The quantitative estimate of drug-likeness (QED) is 0.829. The van der Waals surface area contributed by atoms with Crippen molar-refractivity contribution in [2.45, 2.75) is 6.42 Å². The molecule has 2 aromatic rings. The molecule has 0 amide bonds. The predicted octanol–water partition coefficient (Wildman–Crippen LogP) is 3.01. The lowest BCUT2D eigenvalue weighted by atomic mass is 10.1. The molecule has 3 nitrogen and oxygen atoms in total. The number of nitrogens with two attached hydrogens (primary N) is 1. The Bertz CT molecular complexity index is 555. The first-order valence-electron chi connectivity index (χ1n) is 5.49. The minimum atomic E-state index is 0.0779. The van der Waals surface area contributed by atoms with Gasteiger partial charge in [0.2, 0.25) is 0 Å². The van der Waals surface area contributed by atoms with Gasteiger partial charge in [0.25, 0.3) is 0 Å². The Kier molecular flexibility index (Phi) is 3.79. The van der Waals surface area contributed by atoms with E-state index in [1.165, 1.54) is 0 Å². The van der Waals surface area contributed by atoms with Crippen molar-refractivity contribution in [1.29, 1.82) is 0 Å². The van der Waals surface area contributed by atoms with E-state index < -0.39 is 0 Å². The SMILES string of the molecule is NC(=S)Cc1cccc(Oc2ccccc2)c1O. The number of hydrogen-bond acceptors (Lipinski definition) is 3. The number of phenolic OH excluding ortho intramolecular Hbond substituents is 1. The molecular formula is C14H13NO2S. The van der Waals surface area contributed by atoms with Crippen LogP contribution in [0.4, 0.5) is 0 Å². The van der Waals surface area contributed by atoms with Crippen LogP contribution >= 0.6 is 12.2 Å². The lowest BCUT2D eigenvalue weighted by molar-refractivity contribution is 0.408. The van der Waals surface area contributed by atoms with Crippen molar-refractivity contribution in [3.8, 4) is 17.2 Å². The number of aromatic hydroxyl groups is 1. The lowest BCUT2D eigenvalue weighted by Gasteiger charge is -2.10. The third-order valence-corrected chi connectivity index (χ3v) is 2.56. The van der Waals surface area contributed by atoms with Crippen LogP contribution in [0.25, 0.3) is 0 Å². The van der Waals surface area contributed by atoms with Gasteiger partial charge in [-0.15, -0.1) is 0 Å². The van der Waals surface area contributed by atoms with Gasteiger partial charge in [0.05, 0.1) is 4.99 Å². The number of para-hydroxylation sites is 2. The Balaban J connectivity index is 2.26. The molecule has 0 atom stereocenters. The first-order valence-corrected chi connectivity index (χ1v) is 5.89. The first kappa shape index (κ1) is 12.4. The van der Waals surface area contributed by atoms with E-state index in [0.717, 1.165) is 0 Å². The maximum absolute atomic E-state index is 10.1. The Morgan fingerprint density at radius 3 is 2.50 bits per heavy atom. The van der Waals surface area contributed by atoms with Crippen molar-refractivity contribution in [2.24, 2.45) is 5.73 Å². The number of ether oxygens (including phenoxy) is 1. The monoisotopic (exact) mass is 259 g/mol. The zero-order valence-corrected chi connectivity index (χ0v) is 10.5. The fourth-order valence-corrected chi connectivity index (χ4v) is 1.75. The fraction of sp³-hybridized carbons (Fsp3) is 0.0714. The Hall–Kier alpha value is -2.07. The van der Waals surface area contributed by atoms with Crippen molar-refractivity contribution in [3.05, 3.63) is 54.1 Å². The van der Waals surface area contributed by atoms with E-state index in [1.807, 2.05) is 30.3 Å². The van der Waals surface area contributed by atoms with Crippen LogP contribution in [-0.2, 0) is 6.42 Å². The van der Waals surface area contributed by atoms with Gasteiger partial charge in [0, 0.05) is 12.0 Å². The van der Waals surface area contributed by atoms with E-state index in [2.05, 4.69) is 0 Å². The Morgan fingerprint density at radius 1 is 1.11 bits per heavy atom. The lowest BCUT2D eigenvalue weighted by Crippen LogP contribution is -2.11. The fourth-order valence-electron chi connectivity index (χ4n) is 1.60. The second-order valence-corrected chi connectivity index (χ2v) is 4.35. The van der Waals surface area contributed by atoms with Crippen molar-refractivity contribution in [2.75, 3.05) is 0 Å². The second-order valence-electron chi connectivity index (χ2n) is 3.82. The second kappa shape index (κ2) is 5.51. The molecule has 0 aromatic heterocycles. The van der Waals surface area contributed by atoms with Gasteiger partial charge in [-0.25, -0.2) is 0 Å². The van der Waals surface area contributed by atoms with Gasteiger partial charge in [-0.3, -0.25) is 0 Å². The highest BCUT2D eigenvalue weighted by Crippen LogP contribution is 2.33. The number of rotatable bonds is 4. The Labute approximate surface area is 111 Å². The van der Waals surface area contributed by atoms with Crippen molar-refractivity contribution in [3.63, 3.8) is 0 Å². The zero-order valence-electron chi connectivity index (χ0n) is 9.67. The molecule has 0 saturated carbocycles. The molecule has 0 aliphatic heterocycles. The zero-order chi connectivity index (χ0) is 13.0. The summed E-state index contributed by atoms with van der Waals surface area (Å²) in [5.74, 6) is 1.14. The highest BCUT2D eigenvalue weighted by molar-refractivity contribution is 7.80. The first-order chi connectivity index (χ1) is 8.66. The molecule has 2 aromatic carbocycles. The molecule has 0 radical (unpaired) electrons. The van der Waals surface area contributed by atoms with E-state index in [4.69, 9.17) is 22.7 Å². The van der Waals surface area contributed by atoms with Gasteiger partial charge in [0.1, 0.15) is 5.75 Å². The molecule has 18 heavy (non-hydrogen) atoms. The number of benzene rings is 2. The van der Waals surface area contributed by atoms with E-state index >= 15 is 0 Å². The normalized spacial score (nSPS) is 10.0. The smallest absolute Gasteiger partial charge is 0.169 e. The molecule has 0 fully saturated rings. The van der Waals surface area contributed by atoms with Crippen LogP contribution in [0, 0.1) is 0 Å². The van der Waals surface area contributed by atoms with Crippen LogP contribution in [0.3, 0.4) is 0 Å². The largest absolute Gasteiger partial charge is 0.504 e.